The van der Waals surface area contributed by atoms with Crippen LogP contribution in [0.25, 0.3) is 0 Å². The quantitative estimate of drug-likeness (QED) is 0.0731. The number of nitrogens with one attached hydrogen (secondary N) is 5. The minimum absolute atomic E-state index is 0.1000. The SMILES string of the molecule is CC[C@H](C)[C@H](NC(=O)[C@H](CC(=O)O)NC(C)=O)C(=O)N[C@@H](Cc1ccc(O)cc1)C(=O)NN(CCC(=O)O)C(=O)N[C@H](C(N)=O)[C@@H](C)O. The van der Waals surface area contributed by atoms with Crippen molar-refractivity contribution in [2.24, 2.45) is 11.7 Å². The summed E-state index contributed by atoms with van der Waals surface area (Å²) in [6.07, 6.45) is -2.85. The predicted octanol–water partition coefficient (Wildman–Crippen LogP) is -2.32. The second kappa shape index (κ2) is 19.3. The summed E-state index contributed by atoms with van der Waals surface area (Å²) in [6.45, 7) is 4.90. The summed E-state index contributed by atoms with van der Waals surface area (Å²) in [5.41, 5.74) is 7.82. The maximum absolute atomic E-state index is 13.6. The highest BCUT2D eigenvalue weighted by atomic mass is 16.4. The molecule has 0 spiro atoms. The maximum atomic E-state index is 13.6. The second-order valence-corrected chi connectivity index (χ2v) is 11.0. The molecular weight excluding hydrogens is 638 g/mol. The number of aliphatic carboxylic acids is 2. The van der Waals surface area contributed by atoms with Crippen molar-refractivity contribution < 1.29 is 58.8 Å². The van der Waals surface area contributed by atoms with Crippen molar-refractivity contribution in [1.29, 1.82) is 0 Å². The third-order valence-corrected chi connectivity index (χ3v) is 6.98. The number of carboxylic acid groups (broad SMARTS) is 2. The molecule has 0 saturated carbocycles. The Kier molecular flexibility index (Phi) is 16.3. The third kappa shape index (κ3) is 13.9. The van der Waals surface area contributed by atoms with Gasteiger partial charge in [-0.1, -0.05) is 32.4 Å². The lowest BCUT2D eigenvalue weighted by Gasteiger charge is -2.30. The Labute approximate surface area is 275 Å². The minimum Gasteiger partial charge on any atom is -0.508 e. The van der Waals surface area contributed by atoms with Crippen LogP contribution in [-0.4, -0.2) is 110 Å². The fourth-order valence-corrected chi connectivity index (χ4v) is 4.19. The number of aliphatic hydroxyl groups excluding tert-OH is 1. The minimum atomic E-state index is -1.61. The normalized spacial score (nSPS) is 14.4. The van der Waals surface area contributed by atoms with Crippen molar-refractivity contribution in [2.75, 3.05) is 6.54 Å². The molecule has 1 aromatic rings. The molecule has 48 heavy (non-hydrogen) atoms. The zero-order valence-corrected chi connectivity index (χ0v) is 26.9. The Morgan fingerprint density at radius 1 is 0.812 bits per heavy atom. The van der Waals surface area contributed by atoms with E-state index in [0.717, 1.165) is 13.8 Å². The maximum Gasteiger partial charge on any atom is 0.336 e. The van der Waals surface area contributed by atoms with E-state index < -0.39 is 103 Å². The zero-order chi connectivity index (χ0) is 36.7. The highest BCUT2D eigenvalue weighted by Gasteiger charge is 2.34. The first kappa shape index (κ1) is 40.6. The van der Waals surface area contributed by atoms with Crippen molar-refractivity contribution in [3.05, 3.63) is 29.8 Å². The molecule has 0 heterocycles. The number of hydrogen-bond acceptors (Lipinski definition) is 10. The van der Waals surface area contributed by atoms with Gasteiger partial charge in [-0.15, -0.1) is 0 Å². The van der Waals surface area contributed by atoms with Crippen molar-refractivity contribution in [3.8, 4) is 5.75 Å². The van der Waals surface area contributed by atoms with Gasteiger partial charge in [0.05, 0.1) is 25.5 Å². The molecule has 0 aromatic heterocycles. The van der Waals surface area contributed by atoms with Crippen LogP contribution in [0.15, 0.2) is 24.3 Å². The lowest BCUT2D eigenvalue weighted by molar-refractivity contribution is -0.141. The van der Waals surface area contributed by atoms with Gasteiger partial charge >= 0.3 is 18.0 Å². The van der Waals surface area contributed by atoms with E-state index in [1.165, 1.54) is 24.3 Å². The van der Waals surface area contributed by atoms with E-state index in [1.807, 2.05) is 0 Å². The van der Waals surface area contributed by atoms with Crippen LogP contribution in [0.2, 0.25) is 0 Å². The highest BCUT2D eigenvalue weighted by molar-refractivity contribution is 5.96. The molecule has 19 heteroatoms. The van der Waals surface area contributed by atoms with Gasteiger partial charge < -0.3 is 47.4 Å². The first-order chi connectivity index (χ1) is 22.4. The number of urea groups is 1. The number of carbonyl (C=O) groups excluding carboxylic acids is 6. The van der Waals surface area contributed by atoms with Crippen LogP contribution >= 0.6 is 0 Å². The van der Waals surface area contributed by atoms with Gasteiger partial charge in [0, 0.05) is 13.3 Å². The van der Waals surface area contributed by atoms with Gasteiger partial charge in [-0.3, -0.25) is 39.0 Å². The van der Waals surface area contributed by atoms with Crippen LogP contribution < -0.4 is 32.4 Å². The smallest absolute Gasteiger partial charge is 0.336 e. The van der Waals surface area contributed by atoms with E-state index >= 15 is 0 Å². The molecular formula is C29H43N7O12. The fraction of sp³-hybridized carbons (Fsp3) is 0.517. The van der Waals surface area contributed by atoms with E-state index in [9.17, 15) is 58.8 Å². The number of primary amides is 1. The van der Waals surface area contributed by atoms with E-state index in [2.05, 4.69) is 26.7 Å². The molecule has 0 fully saturated rings. The van der Waals surface area contributed by atoms with Crippen LogP contribution in [0, 0.1) is 5.92 Å². The van der Waals surface area contributed by atoms with Gasteiger partial charge in [-0.25, -0.2) is 9.80 Å². The van der Waals surface area contributed by atoms with Crippen molar-refractivity contribution in [2.45, 2.75) is 83.6 Å². The monoisotopic (exact) mass is 681 g/mol. The largest absolute Gasteiger partial charge is 0.508 e. The average Bonchev–Trinajstić information content (AvgIpc) is 2.99. The predicted molar refractivity (Wildman–Crippen MR) is 165 cm³/mol. The summed E-state index contributed by atoms with van der Waals surface area (Å²) in [5, 5.41) is 47.6. The molecule has 0 aliphatic heterocycles. The van der Waals surface area contributed by atoms with Gasteiger partial charge in [0.1, 0.15) is 29.9 Å². The Bertz CT molecular complexity index is 1320. The molecule has 6 atom stereocenters. The zero-order valence-electron chi connectivity index (χ0n) is 26.9. The van der Waals surface area contributed by atoms with Gasteiger partial charge in [0.15, 0.2) is 0 Å². The first-order valence-electron chi connectivity index (χ1n) is 14.8. The topological polar surface area (TPSA) is 307 Å². The number of amides is 7. The number of rotatable bonds is 18. The standard InChI is InChI=1S/C29H43N7O12/c1-5-14(2)23(33-26(45)20(13-22(42)43)31-16(4)38)28(47)32-19(12-17-6-8-18(39)9-7-17)27(46)35-36(11-10-21(40)41)29(48)34-24(15(3)37)25(30)44/h6-9,14-15,19-20,23-24,37,39H,5,10-13H2,1-4H3,(H2,30,44)(H,31,38)(H,32,47)(H,33,45)(H,34,48)(H,35,46)(H,40,41)(H,42,43)/t14-,15+,19-,20-,23-,24-/m0/s1. The lowest BCUT2D eigenvalue weighted by atomic mass is 9.96. The molecule has 0 aliphatic rings. The van der Waals surface area contributed by atoms with E-state index in [1.54, 1.807) is 13.8 Å². The number of benzene rings is 1. The number of phenolic OH excluding ortho intramolecular Hbond substituents is 1. The summed E-state index contributed by atoms with van der Waals surface area (Å²) < 4.78 is 0. The molecule has 7 amide bonds. The molecule has 0 unspecified atom stereocenters. The number of hydrazine groups is 1. The van der Waals surface area contributed by atoms with Gasteiger partial charge in [0.2, 0.25) is 23.6 Å². The fourth-order valence-electron chi connectivity index (χ4n) is 4.19. The summed E-state index contributed by atoms with van der Waals surface area (Å²) in [7, 11) is 0. The first-order valence-corrected chi connectivity index (χ1v) is 14.8. The van der Waals surface area contributed by atoms with Crippen LogP contribution in [0.5, 0.6) is 5.75 Å². The molecule has 11 N–H and O–H groups in total. The Hall–Kier alpha value is -5.46. The number of nitrogens with two attached hydrogens (primary N) is 1. The Morgan fingerprint density at radius 3 is 1.90 bits per heavy atom. The molecule has 19 nitrogen and oxygen atoms in total. The molecule has 266 valence electrons. The van der Waals surface area contributed by atoms with E-state index in [-0.39, 0.29) is 12.2 Å². The summed E-state index contributed by atoms with van der Waals surface area (Å²) in [5.74, 6) is -8.20. The van der Waals surface area contributed by atoms with Gasteiger partial charge in [0.25, 0.3) is 5.91 Å². The summed E-state index contributed by atoms with van der Waals surface area (Å²) >= 11 is 0. The van der Waals surface area contributed by atoms with E-state index in [0.29, 0.717) is 17.0 Å². The van der Waals surface area contributed by atoms with Crippen LogP contribution in [0.4, 0.5) is 4.79 Å². The van der Waals surface area contributed by atoms with Crippen LogP contribution in [0.3, 0.4) is 0 Å². The molecule has 1 aromatic carbocycles. The second-order valence-electron chi connectivity index (χ2n) is 11.0. The number of aromatic hydroxyl groups is 1. The summed E-state index contributed by atoms with van der Waals surface area (Å²) in [6, 6.07) is -1.72. The Balaban J connectivity index is 3.43. The van der Waals surface area contributed by atoms with Gasteiger partial charge in [-0.05, 0) is 30.5 Å². The molecule has 0 bridgehead atoms. The van der Waals surface area contributed by atoms with Crippen molar-refractivity contribution >= 4 is 47.5 Å². The summed E-state index contributed by atoms with van der Waals surface area (Å²) in [4.78, 5) is 99.1. The van der Waals surface area contributed by atoms with Crippen LogP contribution in [0.1, 0.15) is 52.5 Å². The molecule has 0 radical (unpaired) electrons. The van der Waals surface area contributed by atoms with Crippen LogP contribution in [-0.2, 0) is 40.0 Å². The number of carbonyl (C=O) groups is 8. The number of carboxylic acids is 2. The average molecular weight is 682 g/mol. The van der Waals surface area contributed by atoms with Crippen molar-refractivity contribution in [1.82, 2.24) is 31.7 Å². The molecule has 0 saturated heterocycles. The molecule has 0 aliphatic carbocycles. The number of phenols is 1. The van der Waals surface area contributed by atoms with Crippen molar-refractivity contribution in [3.63, 3.8) is 0 Å². The Morgan fingerprint density at radius 2 is 1.42 bits per heavy atom. The number of nitrogens with zero attached hydrogens (tertiary/aromatic N) is 1. The molecule has 1 rings (SSSR count). The lowest BCUT2D eigenvalue weighted by Crippen LogP contribution is -2.62. The highest BCUT2D eigenvalue weighted by Crippen LogP contribution is 2.14. The third-order valence-electron chi connectivity index (χ3n) is 6.98. The van der Waals surface area contributed by atoms with Gasteiger partial charge in [-0.2, -0.15) is 0 Å². The number of hydrogen-bond donors (Lipinski definition) is 10. The van der Waals surface area contributed by atoms with E-state index in [4.69, 9.17) is 5.73 Å². The number of aliphatic hydroxyl groups is 1.